The van der Waals surface area contributed by atoms with E-state index in [4.69, 9.17) is 14.2 Å². The number of nitrogens with zero attached hydrogens (tertiary/aromatic N) is 1. The third-order valence-electron chi connectivity index (χ3n) is 5.20. The normalized spacial score (nSPS) is 15.6. The number of rotatable bonds is 5. The van der Waals surface area contributed by atoms with Crippen LogP contribution in [0.2, 0.25) is 0 Å². The summed E-state index contributed by atoms with van der Waals surface area (Å²) in [6.07, 6.45) is 3.28. The van der Waals surface area contributed by atoms with E-state index in [2.05, 4.69) is 0 Å². The Morgan fingerprint density at radius 3 is 2.52 bits per heavy atom. The van der Waals surface area contributed by atoms with Crippen LogP contribution < -0.4 is 13.8 Å². The van der Waals surface area contributed by atoms with Gasteiger partial charge in [0, 0.05) is 18.5 Å². The van der Waals surface area contributed by atoms with Gasteiger partial charge < -0.3 is 14.2 Å². The molecule has 0 aliphatic carbocycles. The van der Waals surface area contributed by atoms with Crippen molar-refractivity contribution in [1.82, 2.24) is 0 Å². The molecular weight excluding hydrogens is 422 g/mol. The Bertz CT molecular complexity index is 1130. The lowest BCUT2D eigenvalue weighted by Gasteiger charge is -2.29. The molecule has 0 fully saturated rings. The second-order valence-corrected chi connectivity index (χ2v) is 9.40. The Kier molecular flexibility index (Phi) is 5.86. The minimum atomic E-state index is -3.37. The van der Waals surface area contributed by atoms with E-state index >= 15 is 0 Å². The molecule has 2 heterocycles. The number of ether oxygens (including phenoxy) is 3. The standard InChI is InChI=1S/C22H23NO7S/c1-31(26,27)23-9-2-4-15-12-16(5-7-18(15)23)19(24)14-30-22(25)17-6-8-20-21(13-17)29-11-3-10-28-20/h5-8,12-13H,2-4,9-11,14H2,1H3. The number of sulfonamides is 1. The molecule has 0 atom stereocenters. The van der Waals surface area contributed by atoms with Crippen LogP contribution in [0.1, 0.15) is 39.1 Å². The molecule has 0 unspecified atom stereocenters. The maximum absolute atomic E-state index is 12.6. The molecule has 0 saturated carbocycles. The molecule has 0 aromatic heterocycles. The second-order valence-electron chi connectivity index (χ2n) is 7.49. The summed E-state index contributed by atoms with van der Waals surface area (Å²) in [5.41, 5.74) is 2.03. The number of anilines is 1. The summed E-state index contributed by atoms with van der Waals surface area (Å²) in [5, 5.41) is 0. The smallest absolute Gasteiger partial charge is 0.338 e. The third-order valence-corrected chi connectivity index (χ3v) is 6.38. The first-order chi connectivity index (χ1) is 14.8. The Morgan fingerprint density at radius 1 is 1.00 bits per heavy atom. The first-order valence-corrected chi connectivity index (χ1v) is 11.9. The van der Waals surface area contributed by atoms with Gasteiger partial charge >= 0.3 is 5.97 Å². The number of carbonyl (C=O) groups is 2. The molecule has 2 aliphatic heterocycles. The maximum atomic E-state index is 12.6. The highest BCUT2D eigenvalue weighted by molar-refractivity contribution is 7.92. The van der Waals surface area contributed by atoms with E-state index in [1.54, 1.807) is 36.4 Å². The monoisotopic (exact) mass is 445 g/mol. The molecule has 0 amide bonds. The SMILES string of the molecule is CS(=O)(=O)N1CCCc2cc(C(=O)COC(=O)c3ccc4c(c3)OCCCO4)ccc21. The van der Waals surface area contributed by atoms with Crippen LogP contribution in [0.5, 0.6) is 11.5 Å². The molecule has 0 radical (unpaired) electrons. The van der Waals surface area contributed by atoms with Gasteiger partial charge in [0.15, 0.2) is 23.9 Å². The van der Waals surface area contributed by atoms with Crippen molar-refractivity contribution in [3.63, 3.8) is 0 Å². The largest absolute Gasteiger partial charge is 0.490 e. The van der Waals surface area contributed by atoms with E-state index in [0.717, 1.165) is 12.0 Å². The molecule has 2 aromatic carbocycles. The van der Waals surface area contributed by atoms with E-state index < -0.39 is 22.6 Å². The first-order valence-electron chi connectivity index (χ1n) is 10.0. The predicted molar refractivity (Wildman–Crippen MR) is 114 cm³/mol. The highest BCUT2D eigenvalue weighted by Crippen LogP contribution is 2.31. The van der Waals surface area contributed by atoms with Crippen molar-refractivity contribution in [2.75, 3.05) is 36.9 Å². The molecule has 31 heavy (non-hydrogen) atoms. The number of carbonyl (C=O) groups excluding carboxylic acids is 2. The van der Waals surface area contributed by atoms with E-state index in [-0.39, 0.29) is 11.3 Å². The van der Waals surface area contributed by atoms with Crippen LogP contribution in [0, 0.1) is 0 Å². The molecule has 0 N–H and O–H groups in total. The molecule has 0 saturated heterocycles. The highest BCUT2D eigenvalue weighted by atomic mass is 32.2. The van der Waals surface area contributed by atoms with Crippen molar-refractivity contribution in [2.24, 2.45) is 0 Å². The number of hydrogen-bond donors (Lipinski definition) is 0. The quantitative estimate of drug-likeness (QED) is 0.515. The third kappa shape index (κ3) is 4.66. The zero-order valence-corrected chi connectivity index (χ0v) is 17.9. The van der Waals surface area contributed by atoms with Crippen molar-refractivity contribution in [2.45, 2.75) is 19.3 Å². The summed E-state index contributed by atoms with van der Waals surface area (Å²) in [4.78, 5) is 25.0. The predicted octanol–water partition coefficient (Wildman–Crippen LogP) is 2.60. The molecular formula is C22H23NO7S. The fourth-order valence-electron chi connectivity index (χ4n) is 3.67. The fourth-order valence-corrected chi connectivity index (χ4v) is 4.66. The second kappa shape index (κ2) is 8.58. The molecule has 164 valence electrons. The Hall–Kier alpha value is -3.07. The summed E-state index contributed by atoms with van der Waals surface area (Å²) in [7, 11) is -3.37. The summed E-state index contributed by atoms with van der Waals surface area (Å²) < 4.78 is 41.6. The van der Waals surface area contributed by atoms with Gasteiger partial charge in [0.2, 0.25) is 10.0 Å². The van der Waals surface area contributed by atoms with E-state index in [0.29, 0.717) is 55.4 Å². The number of hydrogen-bond acceptors (Lipinski definition) is 7. The van der Waals surface area contributed by atoms with Gasteiger partial charge in [-0.1, -0.05) is 0 Å². The number of aryl methyl sites for hydroxylation is 1. The average molecular weight is 445 g/mol. The number of benzene rings is 2. The lowest BCUT2D eigenvalue weighted by Crippen LogP contribution is -2.34. The molecule has 4 rings (SSSR count). The topological polar surface area (TPSA) is 99.2 Å². The van der Waals surface area contributed by atoms with Gasteiger partial charge in [-0.25, -0.2) is 13.2 Å². The summed E-state index contributed by atoms with van der Waals surface area (Å²) >= 11 is 0. The van der Waals surface area contributed by atoms with Crippen molar-refractivity contribution in [3.05, 3.63) is 53.1 Å². The number of Topliss-reactive ketones (excluding diaryl/α,β-unsaturated/α-hetero) is 1. The van der Waals surface area contributed by atoms with Gasteiger partial charge in [0.25, 0.3) is 0 Å². The van der Waals surface area contributed by atoms with Gasteiger partial charge in [-0.15, -0.1) is 0 Å². The Morgan fingerprint density at radius 2 is 1.74 bits per heavy atom. The van der Waals surface area contributed by atoms with Crippen LogP contribution in [0.3, 0.4) is 0 Å². The molecule has 2 aromatic rings. The van der Waals surface area contributed by atoms with Crippen molar-refractivity contribution >= 4 is 27.5 Å². The zero-order valence-electron chi connectivity index (χ0n) is 17.1. The molecule has 2 aliphatic rings. The van der Waals surface area contributed by atoms with Crippen molar-refractivity contribution < 1.29 is 32.2 Å². The number of ketones is 1. The molecule has 9 heteroatoms. The lowest BCUT2D eigenvalue weighted by atomic mass is 9.99. The van der Waals surface area contributed by atoms with Crippen molar-refractivity contribution in [1.29, 1.82) is 0 Å². The van der Waals surface area contributed by atoms with Crippen molar-refractivity contribution in [3.8, 4) is 11.5 Å². The van der Waals surface area contributed by atoms with Crippen LogP contribution in [-0.2, 0) is 21.2 Å². The minimum absolute atomic E-state index is 0.270. The average Bonchev–Trinajstić information content (AvgIpc) is 3.00. The van der Waals surface area contributed by atoms with E-state index in [1.807, 2.05) is 0 Å². The van der Waals surface area contributed by atoms with Crippen LogP contribution in [0.4, 0.5) is 5.69 Å². The molecule has 8 nitrogen and oxygen atoms in total. The van der Waals surface area contributed by atoms with Crippen LogP contribution in [-0.4, -0.2) is 52.8 Å². The molecule has 0 bridgehead atoms. The Labute approximate surface area is 180 Å². The lowest BCUT2D eigenvalue weighted by molar-refractivity contribution is 0.0474. The number of esters is 1. The number of fused-ring (bicyclic) bond motifs is 2. The minimum Gasteiger partial charge on any atom is -0.490 e. The van der Waals surface area contributed by atoms with Gasteiger partial charge in [-0.05, 0) is 54.8 Å². The van der Waals surface area contributed by atoms with Crippen LogP contribution in [0.25, 0.3) is 0 Å². The first kappa shape index (κ1) is 21.2. The van der Waals surface area contributed by atoms with Crippen LogP contribution >= 0.6 is 0 Å². The Balaban J connectivity index is 1.43. The van der Waals surface area contributed by atoms with E-state index in [9.17, 15) is 18.0 Å². The zero-order chi connectivity index (χ0) is 22.0. The highest BCUT2D eigenvalue weighted by Gasteiger charge is 2.25. The van der Waals surface area contributed by atoms with Gasteiger partial charge in [-0.3, -0.25) is 9.10 Å². The van der Waals surface area contributed by atoms with Crippen LogP contribution in [0.15, 0.2) is 36.4 Å². The molecule has 0 spiro atoms. The summed E-state index contributed by atoms with van der Waals surface area (Å²) in [5.74, 6) is 0.0536. The maximum Gasteiger partial charge on any atom is 0.338 e. The van der Waals surface area contributed by atoms with E-state index in [1.165, 1.54) is 10.6 Å². The summed E-state index contributed by atoms with van der Waals surface area (Å²) in [6.45, 7) is 1.06. The summed E-state index contributed by atoms with van der Waals surface area (Å²) in [6, 6.07) is 9.64. The fraction of sp³-hybridized carbons (Fsp3) is 0.364. The van der Waals surface area contributed by atoms with Gasteiger partial charge in [-0.2, -0.15) is 0 Å². The van der Waals surface area contributed by atoms with Gasteiger partial charge in [0.05, 0.1) is 30.7 Å². The van der Waals surface area contributed by atoms with Gasteiger partial charge in [0.1, 0.15) is 0 Å².